The third kappa shape index (κ3) is 4.17. The number of carbonyl (C=O) groups excluding carboxylic acids is 2. The van der Waals surface area contributed by atoms with Gasteiger partial charge < -0.3 is 5.32 Å². The maximum Gasteiger partial charge on any atom is 0.271 e. The molecular weight excluding hydrogens is 451 g/mol. The van der Waals surface area contributed by atoms with Crippen molar-refractivity contribution in [2.24, 2.45) is 15.9 Å². The number of fused-ring (bicyclic) bond motifs is 3. The number of hydrogen-bond acceptors (Lipinski definition) is 5. The molecule has 2 heterocycles. The molecule has 0 fully saturated rings. The third-order valence-electron chi connectivity index (χ3n) is 5.57. The Morgan fingerprint density at radius 3 is 2.72 bits per heavy atom. The van der Waals surface area contributed by atoms with Crippen molar-refractivity contribution in [3.8, 4) is 0 Å². The normalized spacial score (nSPS) is 19.0. The Morgan fingerprint density at radius 1 is 1.25 bits per heavy atom. The number of amides is 2. The minimum absolute atomic E-state index is 0.0482. The van der Waals surface area contributed by atoms with Crippen molar-refractivity contribution in [3.05, 3.63) is 58.9 Å². The Kier molecular flexibility index (Phi) is 6.35. The summed E-state index contributed by atoms with van der Waals surface area (Å²) in [6, 6.07) is 11.1. The molecule has 2 aromatic rings. The van der Waals surface area contributed by atoms with Crippen molar-refractivity contribution < 1.29 is 14.0 Å². The predicted molar refractivity (Wildman–Crippen MR) is 127 cm³/mol. The van der Waals surface area contributed by atoms with Crippen LogP contribution in [0.3, 0.4) is 0 Å². The summed E-state index contributed by atoms with van der Waals surface area (Å²) in [5.41, 5.74) is 1.54. The fourth-order valence-electron chi connectivity index (χ4n) is 3.62. The van der Waals surface area contributed by atoms with E-state index in [-0.39, 0.29) is 28.4 Å². The van der Waals surface area contributed by atoms with E-state index in [1.807, 2.05) is 43.0 Å². The van der Waals surface area contributed by atoms with Gasteiger partial charge in [0.15, 0.2) is 5.17 Å². The van der Waals surface area contributed by atoms with Gasteiger partial charge in [-0.15, -0.1) is 0 Å². The molecule has 4 rings (SSSR count). The first-order chi connectivity index (χ1) is 15.3. The van der Waals surface area contributed by atoms with E-state index in [2.05, 4.69) is 10.3 Å². The lowest BCUT2D eigenvalue weighted by molar-refractivity contribution is -0.120. The van der Waals surface area contributed by atoms with Crippen LogP contribution in [0, 0.1) is 11.7 Å². The van der Waals surface area contributed by atoms with Crippen LogP contribution >= 0.6 is 23.4 Å². The summed E-state index contributed by atoms with van der Waals surface area (Å²) in [6.07, 6.45) is 0.793. The lowest BCUT2D eigenvalue weighted by Crippen LogP contribution is -2.47. The lowest BCUT2D eigenvalue weighted by atomic mass is 9.97. The Morgan fingerprint density at radius 2 is 2.00 bits per heavy atom. The van der Waals surface area contributed by atoms with Crippen molar-refractivity contribution in [1.29, 1.82) is 0 Å². The summed E-state index contributed by atoms with van der Waals surface area (Å²) in [5.74, 6) is -0.596. The van der Waals surface area contributed by atoms with Crippen LogP contribution in [0.15, 0.2) is 52.4 Å². The monoisotopic (exact) mass is 472 g/mol. The van der Waals surface area contributed by atoms with Crippen LogP contribution in [0.4, 0.5) is 15.8 Å². The number of aliphatic imine (C=N–C) groups is 2. The first-order valence-corrected chi connectivity index (χ1v) is 11.6. The Bertz CT molecular complexity index is 1150. The molecule has 2 amide bonds. The second kappa shape index (κ2) is 9.03. The highest BCUT2D eigenvalue weighted by atomic mass is 35.5. The summed E-state index contributed by atoms with van der Waals surface area (Å²) in [7, 11) is 0. The van der Waals surface area contributed by atoms with Gasteiger partial charge in [0.25, 0.3) is 5.91 Å². The smallest absolute Gasteiger partial charge is 0.271 e. The molecule has 0 saturated carbocycles. The van der Waals surface area contributed by atoms with Crippen LogP contribution in [0.25, 0.3) is 0 Å². The number of amidine groups is 2. The van der Waals surface area contributed by atoms with Crippen LogP contribution < -0.4 is 5.32 Å². The Labute approximate surface area is 195 Å². The van der Waals surface area contributed by atoms with E-state index in [1.165, 1.54) is 23.9 Å². The van der Waals surface area contributed by atoms with Crippen LogP contribution in [0.5, 0.6) is 0 Å². The number of para-hydroxylation sites is 1. The zero-order valence-electron chi connectivity index (χ0n) is 17.8. The average molecular weight is 473 g/mol. The summed E-state index contributed by atoms with van der Waals surface area (Å²) in [6.45, 7) is 5.74. The average Bonchev–Trinajstić information content (AvgIpc) is 3.12. The lowest BCUT2D eigenvalue weighted by Gasteiger charge is -2.34. The molecule has 2 aliphatic rings. The van der Waals surface area contributed by atoms with E-state index in [4.69, 9.17) is 16.6 Å². The number of halogens is 2. The number of thioether (sulfide) groups is 1. The van der Waals surface area contributed by atoms with Gasteiger partial charge in [0.2, 0.25) is 5.91 Å². The zero-order valence-corrected chi connectivity index (χ0v) is 19.4. The summed E-state index contributed by atoms with van der Waals surface area (Å²) in [4.78, 5) is 36.5. The molecule has 0 aromatic heterocycles. The van der Waals surface area contributed by atoms with Crippen LogP contribution in [0.2, 0.25) is 5.02 Å². The zero-order chi connectivity index (χ0) is 23.0. The van der Waals surface area contributed by atoms with Crippen LogP contribution in [-0.2, 0) is 9.59 Å². The third-order valence-corrected chi connectivity index (χ3v) is 6.87. The topological polar surface area (TPSA) is 74.1 Å². The molecule has 166 valence electrons. The highest BCUT2D eigenvalue weighted by Crippen LogP contribution is 2.37. The molecule has 0 radical (unpaired) electrons. The minimum Gasteiger partial charge on any atom is -0.323 e. The molecule has 0 saturated heterocycles. The molecule has 2 aromatic carbocycles. The quantitative estimate of drug-likeness (QED) is 0.645. The Balaban J connectivity index is 1.62. The molecule has 1 N–H and O–H groups in total. The van der Waals surface area contributed by atoms with Crippen molar-refractivity contribution in [2.75, 3.05) is 5.32 Å². The maximum atomic E-state index is 14.1. The van der Waals surface area contributed by atoms with Gasteiger partial charge in [-0.25, -0.2) is 9.38 Å². The Hall–Kier alpha value is -2.71. The molecule has 2 aliphatic heterocycles. The van der Waals surface area contributed by atoms with Gasteiger partial charge in [-0.2, -0.15) is 4.99 Å². The second-order valence-electron chi connectivity index (χ2n) is 7.76. The number of anilines is 1. The van der Waals surface area contributed by atoms with Gasteiger partial charge >= 0.3 is 0 Å². The van der Waals surface area contributed by atoms with Crippen LogP contribution in [-0.4, -0.2) is 39.0 Å². The number of hydrogen-bond donors (Lipinski definition) is 1. The van der Waals surface area contributed by atoms with Gasteiger partial charge in [-0.1, -0.05) is 55.8 Å². The van der Waals surface area contributed by atoms with Crippen molar-refractivity contribution in [3.63, 3.8) is 0 Å². The van der Waals surface area contributed by atoms with Crippen molar-refractivity contribution in [2.45, 2.75) is 38.5 Å². The van der Waals surface area contributed by atoms with Gasteiger partial charge in [0, 0.05) is 10.6 Å². The summed E-state index contributed by atoms with van der Waals surface area (Å²) < 4.78 is 14.1. The van der Waals surface area contributed by atoms with E-state index in [1.54, 1.807) is 6.92 Å². The van der Waals surface area contributed by atoms with Crippen LogP contribution in [0.1, 0.15) is 32.8 Å². The molecular formula is C23H22ClFN4O2S. The van der Waals surface area contributed by atoms with Gasteiger partial charge in [0.1, 0.15) is 17.7 Å². The summed E-state index contributed by atoms with van der Waals surface area (Å²) >= 11 is 7.00. The van der Waals surface area contributed by atoms with E-state index >= 15 is 0 Å². The van der Waals surface area contributed by atoms with E-state index in [9.17, 15) is 14.0 Å². The van der Waals surface area contributed by atoms with Crippen molar-refractivity contribution >= 4 is 57.6 Å². The fourth-order valence-corrected chi connectivity index (χ4v) is 4.73. The minimum atomic E-state index is -0.608. The first-order valence-electron chi connectivity index (χ1n) is 10.3. The molecule has 3 unspecified atom stereocenters. The first kappa shape index (κ1) is 22.5. The maximum absolute atomic E-state index is 14.1. The SMILES string of the molecule is CCC(C)C1C(=O)N=C2c3ccccc3N=C(SC(C)C(=O)Nc3ccc(Cl)cc3F)N21. The molecule has 0 spiro atoms. The molecule has 0 aliphatic carbocycles. The largest absolute Gasteiger partial charge is 0.323 e. The highest BCUT2D eigenvalue weighted by Gasteiger charge is 2.44. The number of rotatable bonds is 5. The number of nitrogens with one attached hydrogen (secondary N) is 1. The van der Waals surface area contributed by atoms with Crippen molar-refractivity contribution in [1.82, 2.24) is 4.90 Å². The number of benzene rings is 2. The summed E-state index contributed by atoms with van der Waals surface area (Å²) in [5, 5.41) is 2.76. The van der Waals surface area contributed by atoms with E-state index in [0.29, 0.717) is 16.7 Å². The fraction of sp³-hybridized carbons (Fsp3) is 0.304. The van der Waals surface area contributed by atoms with Gasteiger partial charge in [-0.3, -0.25) is 14.5 Å². The molecule has 0 bridgehead atoms. The molecule has 32 heavy (non-hydrogen) atoms. The number of carbonyl (C=O) groups is 2. The predicted octanol–water partition coefficient (Wildman–Crippen LogP) is 5.24. The van der Waals surface area contributed by atoms with E-state index in [0.717, 1.165) is 18.1 Å². The standard InChI is InChI=1S/C23H22ClFN4O2S/c1-4-12(2)19-22(31)28-20-15-7-5-6-8-17(15)27-23(29(19)20)32-13(3)21(30)26-18-10-9-14(24)11-16(18)25/h5-13,19H,4H2,1-3H3,(H,26,30). The van der Waals surface area contributed by atoms with E-state index < -0.39 is 17.1 Å². The molecule has 9 heteroatoms. The van der Waals surface area contributed by atoms with Gasteiger partial charge in [-0.05, 0) is 43.2 Å². The highest BCUT2D eigenvalue weighted by molar-refractivity contribution is 8.14. The molecule has 3 atom stereocenters. The second-order valence-corrected chi connectivity index (χ2v) is 9.50. The number of nitrogens with zero attached hydrogens (tertiary/aromatic N) is 3. The van der Waals surface area contributed by atoms with Gasteiger partial charge in [0.05, 0.1) is 16.6 Å². The molecule has 6 nitrogen and oxygen atoms in total.